The first-order valence-electron chi connectivity index (χ1n) is 12.5. The molecule has 0 amide bonds. The Morgan fingerprint density at radius 3 is 1.81 bits per heavy atom. The largest absolute Gasteiger partial charge is 0.459 e. The second-order valence-corrected chi connectivity index (χ2v) is 12.7. The van der Waals surface area contributed by atoms with Gasteiger partial charge in [-0.2, -0.15) is 5.06 Å². The fourth-order valence-electron chi connectivity index (χ4n) is 3.88. The van der Waals surface area contributed by atoms with Crippen molar-refractivity contribution in [2.45, 2.75) is 72.8 Å². The summed E-state index contributed by atoms with van der Waals surface area (Å²) in [6.07, 6.45) is -0.653. The fraction of sp³-hybridized carbons (Fsp3) is 0.536. The number of nitrogens with zero attached hydrogens (tertiary/aromatic N) is 1. The van der Waals surface area contributed by atoms with Gasteiger partial charge in [-0.1, -0.05) is 69.3 Å². The van der Waals surface area contributed by atoms with E-state index in [1.54, 1.807) is 43.2 Å². The number of hydroxylamine groups is 2. The summed E-state index contributed by atoms with van der Waals surface area (Å²) in [7, 11) is -3.64. The van der Waals surface area contributed by atoms with Crippen molar-refractivity contribution < 1.29 is 28.0 Å². The van der Waals surface area contributed by atoms with Crippen LogP contribution in [0.5, 0.6) is 0 Å². The average molecular weight is 520 g/mol. The van der Waals surface area contributed by atoms with Gasteiger partial charge in [0.2, 0.25) is 0 Å². The third kappa shape index (κ3) is 8.25. The highest BCUT2D eigenvalue weighted by Gasteiger charge is 2.52. The van der Waals surface area contributed by atoms with Crippen LogP contribution in [0.4, 0.5) is 0 Å². The van der Waals surface area contributed by atoms with Gasteiger partial charge < -0.3 is 13.8 Å². The topological polar surface area (TPSA) is 74.3 Å². The molecule has 0 aliphatic carbocycles. The summed E-state index contributed by atoms with van der Waals surface area (Å²) in [6.45, 7) is 15.9. The highest BCUT2D eigenvalue weighted by molar-refractivity contribution is 7.54. The van der Waals surface area contributed by atoms with Crippen molar-refractivity contribution in [2.24, 2.45) is 5.41 Å². The lowest BCUT2D eigenvalue weighted by Gasteiger charge is -2.48. The SMILES string of the molecule is CCOP(=O)(OCC)C(N(OC(COC(=O)c1ccccc1)c1ccccc1)C(C)(C)C)C(C)(C)C. The van der Waals surface area contributed by atoms with E-state index in [9.17, 15) is 9.36 Å². The molecule has 0 fully saturated rings. The van der Waals surface area contributed by atoms with Gasteiger partial charge in [0.25, 0.3) is 0 Å². The van der Waals surface area contributed by atoms with E-state index < -0.39 is 36.4 Å². The Morgan fingerprint density at radius 1 is 0.861 bits per heavy atom. The van der Waals surface area contributed by atoms with Crippen LogP contribution < -0.4 is 0 Å². The summed E-state index contributed by atoms with van der Waals surface area (Å²) >= 11 is 0. The number of benzene rings is 2. The van der Waals surface area contributed by atoms with Crippen molar-refractivity contribution >= 4 is 13.6 Å². The van der Waals surface area contributed by atoms with Crippen LogP contribution in [0.1, 0.15) is 77.4 Å². The third-order valence-electron chi connectivity index (χ3n) is 5.36. The Morgan fingerprint density at radius 2 is 1.36 bits per heavy atom. The smallest absolute Gasteiger partial charge is 0.350 e. The van der Waals surface area contributed by atoms with Crippen LogP contribution >= 0.6 is 7.60 Å². The molecule has 0 spiro atoms. The predicted molar refractivity (Wildman–Crippen MR) is 143 cm³/mol. The number of hydrogen-bond acceptors (Lipinski definition) is 7. The summed E-state index contributed by atoms with van der Waals surface area (Å²) in [5.74, 6) is -1.18. The molecule has 0 aromatic heterocycles. The Balaban J connectivity index is 2.48. The van der Waals surface area contributed by atoms with E-state index >= 15 is 0 Å². The Labute approximate surface area is 216 Å². The van der Waals surface area contributed by atoms with Gasteiger partial charge in [0.05, 0.1) is 18.8 Å². The number of ether oxygens (including phenoxy) is 1. The van der Waals surface area contributed by atoms with Gasteiger partial charge in [0.1, 0.15) is 18.5 Å². The normalized spacial score (nSPS) is 14.5. The second kappa shape index (κ2) is 13.0. The molecule has 0 N–H and O–H groups in total. The van der Waals surface area contributed by atoms with Gasteiger partial charge in [0, 0.05) is 5.54 Å². The first-order chi connectivity index (χ1) is 16.8. The zero-order chi connectivity index (χ0) is 27.0. The molecule has 2 rings (SSSR count). The molecular weight excluding hydrogens is 477 g/mol. The number of carbonyl (C=O) groups excluding carboxylic acids is 1. The van der Waals surface area contributed by atoms with Crippen LogP contribution in [0.2, 0.25) is 0 Å². The highest BCUT2D eigenvalue weighted by atomic mass is 31.2. The lowest BCUT2D eigenvalue weighted by molar-refractivity contribution is -0.273. The molecule has 7 nitrogen and oxygen atoms in total. The van der Waals surface area contributed by atoms with Gasteiger partial charge in [-0.25, -0.2) is 4.79 Å². The molecule has 0 bridgehead atoms. The maximum atomic E-state index is 14.2. The maximum absolute atomic E-state index is 14.2. The Hall–Kier alpha value is -2.02. The molecule has 0 aliphatic rings. The third-order valence-corrected chi connectivity index (χ3v) is 8.18. The first kappa shape index (κ1) is 30.2. The van der Waals surface area contributed by atoms with E-state index in [-0.39, 0.29) is 19.8 Å². The van der Waals surface area contributed by atoms with E-state index in [0.29, 0.717) is 5.56 Å². The summed E-state index contributed by atoms with van der Waals surface area (Å²) in [5, 5.41) is 1.72. The Kier molecular flexibility index (Phi) is 10.9. The zero-order valence-corrected chi connectivity index (χ0v) is 23.8. The minimum absolute atomic E-state index is 0.0330. The molecule has 0 saturated carbocycles. The van der Waals surface area contributed by atoms with Gasteiger partial charge in [-0.3, -0.25) is 9.40 Å². The Bertz CT molecular complexity index is 975. The summed E-state index contributed by atoms with van der Waals surface area (Å²) < 4.78 is 31.5. The van der Waals surface area contributed by atoms with Crippen molar-refractivity contribution in [1.82, 2.24) is 5.06 Å². The van der Waals surface area contributed by atoms with E-state index in [2.05, 4.69) is 0 Å². The number of rotatable bonds is 12. The molecule has 200 valence electrons. The van der Waals surface area contributed by atoms with Crippen LogP contribution in [0.3, 0.4) is 0 Å². The molecule has 2 atom stereocenters. The van der Waals surface area contributed by atoms with Crippen molar-refractivity contribution in [3.8, 4) is 0 Å². The number of hydrogen-bond donors (Lipinski definition) is 0. The lowest BCUT2D eigenvalue weighted by Crippen LogP contribution is -2.54. The van der Waals surface area contributed by atoms with E-state index in [4.69, 9.17) is 18.6 Å². The second-order valence-electron chi connectivity index (χ2n) is 10.6. The molecule has 0 aliphatic heterocycles. The van der Waals surface area contributed by atoms with E-state index in [1.807, 2.05) is 77.9 Å². The van der Waals surface area contributed by atoms with Crippen LogP contribution in [0.15, 0.2) is 60.7 Å². The van der Waals surface area contributed by atoms with E-state index in [0.717, 1.165) is 5.56 Å². The molecule has 36 heavy (non-hydrogen) atoms. The predicted octanol–water partition coefficient (Wildman–Crippen LogP) is 7.26. The minimum Gasteiger partial charge on any atom is -0.459 e. The molecule has 2 aromatic carbocycles. The maximum Gasteiger partial charge on any atom is 0.350 e. The van der Waals surface area contributed by atoms with Crippen LogP contribution in [-0.2, 0) is 23.2 Å². The molecule has 2 unspecified atom stereocenters. The average Bonchev–Trinajstić information content (AvgIpc) is 2.80. The van der Waals surface area contributed by atoms with Crippen molar-refractivity contribution in [1.29, 1.82) is 0 Å². The number of carbonyl (C=O) groups is 1. The molecular formula is C28H42NO6P. The summed E-state index contributed by atoms with van der Waals surface area (Å²) in [5.41, 5.74) is 0.137. The summed E-state index contributed by atoms with van der Waals surface area (Å²) in [6, 6.07) is 18.4. The van der Waals surface area contributed by atoms with E-state index in [1.165, 1.54) is 0 Å². The number of esters is 1. The highest BCUT2D eigenvalue weighted by Crippen LogP contribution is 2.61. The standard InChI is InChI=1S/C28H42NO6P/c1-9-33-36(31,34-10-2)26(27(3,4)5)29(28(6,7)8)35-24(22-17-13-11-14-18-22)21-32-25(30)23-19-15-12-16-20-23/h11-20,24,26H,9-10,21H2,1-8H3. The zero-order valence-electron chi connectivity index (χ0n) is 22.9. The molecule has 0 heterocycles. The first-order valence-corrected chi connectivity index (χ1v) is 14.1. The molecule has 8 heteroatoms. The van der Waals surface area contributed by atoms with Gasteiger partial charge in [-0.15, -0.1) is 0 Å². The molecule has 0 saturated heterocycles. The van der Waals surface area contributed by atoms with Gasteiger partial charge in [-0.05, 0) is 57.7 Å². The monoisotopic (exact) mass is 519 g/mol. The fourth-order valence-corrected chi connectivity index (χ4v) is 6.56. The molecule has 0 radical (unpaired) electrons. The summed E-state index contributed by atoms with van der Waals surface area (Å²) in [4.78, 5) is 19.3. The van der Waals surface area contributed by atoms with Crippen molar-refractivity contribution in [3.05, 3.63) is 71.8 Å². The quantitative estimate of drug-likeness (QED) is 0.166. The molecule has 2 aromatic rings. The van der Waals surface area contributed by atoms with Crippen molar-refractivity contribution in [2.75, 3.05) is 19.8 Å². The van der Waals surface area contributed by atoms with Crippen molar-refractivity contribution in [3.63, 3.8) is 0 Å². The van der Waals surface area contributed by atoms with Gasteiger partial charge >= 0.3 is 13.6 Å². The lowest BCUT2D eigenvalue weighted by atomic mass is 9.94. The van der Waals surface area contributed by atoms with Crippen LogP contribution in [0.25, 0.3) is 0 Å². The van der Waals surface area contributed by atoms with Crippen LogP contribution in [0, 0.1) is 5.41 Å². The van der Waals surface area contributed by atoms with Gasteiger partial charge in [0.15, 0.2) is 0 Å². The minimum atomic E-state index is -3.64. The van der Waals surface area contributed by atoms with Crippen LogP contribution in [-0.4, -0.2) is 42.2 Å².